The molecule has 1 aliphatic heterocycles. The highest BCUT2D eigenvalue weighted by atomic mass is 16.5. The molecule has 0 atom stereocenters. The maximum atomic E-state index is 12.6. The molecule has 8 heteroatoms. The average Bonchev–Trinajstić information content (AvgIpc) is 3.49. The van der Waals surface area contributed by atoms with Crippen LogP contribution in [-0.4, -0.2) is 48.3 Å². The molecule has 3 aromatic rings. The van der Waals surface area contributed by atoms with E-state index in [9.17, 15) is 4.79 Å². The van der Waals surface area contributed by atoms with Crippen molar-refractivity contribution in [2.24, 2.45) is 0 Å². The van der Waals surface area contributed by atoms with E-state index in [4.69, 9.17) is 18.3 Å². The number of hydrogen-bond donors (Lipinski definition) is 0. The molecule has 4 rings (SSSR count). The van der Waals surface area contributed by atoms with E-state index in [1.54, 1.807) is 44.8 Å². The Balaban J connectivity index is 1.34. The third kappa shape index (κ3) is 4.22. The highest BCUT2D eigenvalue weighted by Crippen LogP contribution is 2.30. The second kappa shape index (κ2) is 8.86. The van der Waals surface area contributed by atoms with E-state index in [1.807, 2.05) is 23.1 Å². The SMILES string of the molecule is COc1ccc(C=CC(=O)N2CCC(c3nnc(-c4ccco4)o3)CC2)cc1OC. The van der Waals surface area contributed by atoms with Crippen molar-refractivity contribution in [3.8, 4) is 23.1 Å². The van der Waals surface area contributed by atoms with Gasteiger partial charge in [-0.3, -0.25) is 4.79 Å². The zero-order valence-corrected chi connectivity index (χ0v) is 16.9. The number of aromatic nitrogens is 2. The first-order valence-corrected chi connectivity index (χ1v) is 9.74. The van der Waals surface area contributed by atoms with Gasteiger partial charge in [-0.2, -0.15) is 0 Å². The number of methoxy groups -OCH3 is 2. The fourth-order valence-electron chi connectivity index (χ4n) is 3.48. The maximum absolute atomic E-state index is 12.6. The van der Waals surface area contributed by atoms with E-state index in [0.717, 1.165) is 18.4 Å². The van der Waals surface area contributed by atoms with Crippen LogP contribution in [-0.2, 0) is 4.79 Å². The number of nitrogens with zero attached hydrogens (tertiary/aromatic N) is 3. The molecule has 0 bridgehead atoms. The molecule has 2 aromatic heterocycles. The molecule has 1 aliphatic rings. The predicted molar refractivity (Wildman–Crippen MR) is 109 cm³/mol. The molecule has 0 aliphatic carbocycles. The number of likely N-dealkylation sites (tertiary alicyclic amines) is 1. The van der Waals surface area contributed by atoms with Gasteiger partial charge in [0.2, 0.25) is 11.8 Å². The lowest BCUT2D eigenvalue weighted by atomic mass is 9.97. The summed E-state index contributed by atoms with van der Waals surface area (Å²) in [6.07, 6.45) is 6.48. The quantitative estimate of drug-likeness (QED) is 0.573. The second-order valence-corrected chi connectivity index (χ2v) is 6.97. The minimum absolute atomic E-state index is 0.0231. The lowest BCUT2D eigenvalue weighted by Gasteiger charge is -2.29. The summed E-state index contributed by atoms with van der Waals surface area (Å²) in [5.41, 5.74) is 0.868. The minimum atomic E-state index is -0.0231. The Morgan fingerprint density at radius 2 is 1.93 bits per heavy atom. The third-order valence-electron chi connectivity index (χ3n) is 5.15. The van der Waals surface area contributed by atoms with E-state index in [2.05, 4.69) is 10.2 Å². The summed E-state index contributed by atoms with van der Waals surface area (Å²) in [6, 6.07) is 9.09. The van der Waals surface area contributed by atoms with Crippen LogP contribution in [0.25, 0.3) is 17.7 Å². The van der Waals surface area contributed by atoms with Gasteiger partial charge < -0.3 is 23.2 Å². The Labute approximate surface area is 174 Å². The van der Waals surface area contributed by atoms with E-state index in [1.165, 1.54) is 0 Å². The first kappa shape index (κ1) is 19.8. The summed E-state index contributed by atoms with van der Waals surface area (Å²) in [7, 11) is 3.17. The number of ether oxygens (including phenoxy) is 2. The van der Waals surface area contributed by atoms with Crippen LogP contribution in [0.5, 0.6) is 11.5 Å². The average molecular weight is 409 g/mol. The zero-order chi connectivity index (χ0) is 20.9. The number of benzene rings is 1. The molecule has 30 heavy (non-hydrogen) atoms. The van der Waals surface area contributed by atoms with E-state index in [-0.39, 0.29) is 11.8 Å². The Bertz CT molecular complexity index is 1020. The summed E-state index contributed by atoms with van der Waals surface area (Å²) in [5, 5.41) is 8.21. The Morgan fingerprint density at radius 3 is 2.63 bits per heavy atom. The number of furan rings is 1. The standard InChI is InChI=1S/C22H23N3O5/c1-27-17-7-5-15(14-19(17)28-2)6-8-20(26)25-11-9-16(10-12-25)21-23-24-22(30-21)18-4-3-13-29-18/h3-8,13-14,16H,9-12H2,1-2H3. The first-order valence-electron chi connectivity index (χ1n) is 9.74. The summed E-state index contributed by atoms with van der Waals surface area (Å²) >= 11 is 0. The molecule has 1 amide bonds. The Hall–Kier alpha value is -3.55. The number of hydrogen-bond acceptors (Lipinski definition) is 7. The van der Waals surface area contributed by atoms with Crippen molar-refractivity contribution in [3.63, 3.8) is 0 Å². The number of piperidine rings is 1. The summed E-state index contributed by atoms with van der Waals surface area (Å²) in [5.74, 6) is 2.92. The van der Waals surface area contributed by atoms with Gasteiger partial charge in [0.05, 0.1) is 20.5 Å². The predicted octanol–water partition coefficient (Wildman–Crippen LogP) is 3.77. The van der Waals surface area contributed by atoms with Gasteiger partial charge in [0.15, 0.2) is 17.3 Å². The van der Waals surface area contributed by atoms with Crippen molar-refractivity contribution in [2.45, 2.75) is 18.8 Å². The van der Waals surface area contributed by atoms with E-state index in [0.29, 0.717) is 42.1 Å². The summed E-state index contributed by atoms with van der Waals surface area (Å²) < 4.78 is 21.6. The normalized spacial score (nSPS) is 14.9. The largest absolute Gasteiger partial charge is 0.493 e. The third-order valence-corrected chi connectivity index (χ3v) is 5.15. The van der Waals surface area contributed by atoms with Gasteiger partial charge in [-0.05, 0) is 48.7 Å². The molecule has 0 unspecified atom stereocenters. The lowest BCUT2D eigenvalue weighted by Crippen LogP contribution is -2.36. The first-order chi connectivity index (χ1) is 14.7. The van der Waals surface area contributed by atoms with Gasteiger partial charge in [-0.15, -0.1) is 10.2 Å². The fourth-order valence-corrected chi connectivity index (χ4v) is 3.48. The van der Waals surface area contributed by atoms with Crippen LogP contribution in [0.3, 0.4) is 0 Å². The van der Waals surface area contributed by atoms with Gasteiger partial charge in [-0.1, -0.05) is 6.07 Å². The van der Waals surface area contributed by atoms with E-state index >= 15 is 0 Å². The molecule has 0 spiro atoms. The van der Waals surface area contributed by atoms with Crippen LogP contribution >= 0.6 is 0 Å². The highest BCUT2D eigenvalue weighted by molar-refractivity contribution is 5.92. The van der Waals surface area contributed by atoms with Gasteiger partial charge in [-0.25, -0.2) is 0 Å². The maximum Gasteiger partial charge on any atom is 0.283 e. The van der Waals surface area contributed by atoms with Crippen molar-refractivity contribution < 1.29 is 23.1 Å². The van der Waals surface area contributed by atoms with Crippen LogP contribution in [0, 0.1) is 0 Å². The van der Waals surface area contributed by atoms with Crippen molar-refractivity contribution >= 4 is 12.0 Å². The molecule has 1 fully saturated rings. The van der Waals surface area contributed by atoms with Crippen LogP contribution in [0.1, 0.15) is 30.2 Å². The van der Waals surface area contributed by atoms with Gasteiger partial charge >= 0.3 is 0 Å². The molecule has 1 aromatic carbocycles. The second-order valence-electron chi connectivity index (χ2n) is 6.97. The van der Waals surface area contributed by atoms with Crippen LogP contribution in [0.4, 0.5) is 0 Å². The van der Waals surface area contributed by atoms with Crippen molar-refractivity contribution in [1.82, 2.24) is 15.1 Å². The van der Waals surface area contributed by atoms with Crippen LogP contribution < -0.4 is 9.47 Å². The molecule has 0 radical (unpaired) electrons. The summed E-state index contributed by atoms with van der Waals surface area (Å²) in [4.78, 5) is 14.4. The summed E-state index contributed by atoms with van der Waals surface area (Å²) in [6.45, 7) is 1.27. The Kier molecular flexibility index (Phi) is 5.83. The van der Waals surface area contributed by atoms with Gasteiger partial charge in [0.1, 0.15) is 0 Å². The lowest BCUT2D eigenvalue weighted by molar-refractivity contribution is -0.127. The van der Waals surface area contributed by atoms with Crippen LogP contribution in [0.2, 0.25) is 0 Å². The number of carbonyl (C=O) groups excluding carboxylic acids is 1. The fraction of sp³-hybridized carbons (Fsp3) is 0.318. The number of carbonyl (C=O) groups is 1. The van der Waals surface area contributed by atoms with Crippen molar-refractivity contribution in [2.75, 3.05) is 27.3 Å². The molecule has 3 heterocycles. The molecular weight excluding hydrogens is 386 g/mol. The van der Waals surface area contributed by atoms with Crippen LogP contribution in [0.15, 0.2) is 51.5 Å². The molecular formula is C22H23N3O5. The number of amides is 1. The van der Waals surface area contributed by atoms with Crippen molar-refractivity contribution in [3.05, 3.63) is 54.1 Å². The minimum Gasteiger partial charge on any atom is -0.493 e. The Morgan fingerprint density at radius 1 is 1.13 bits per heavy atom. The highest BCUT2D eigenvalue weighted by Gasteiger charge is 2.27. The van der Waals surface area contributed by atoms with Gasteiger partial charge in [0.25, 0.3) is 5.89 Å². The molecule has 0 saturated carbocycles. The molecule has 156 valence electrons. The molecule has 0 N–H and O–H groups in total. The molecule has 1 saturated heterocycles. The van der Waals surface area contributed by atoms with E-state index < -0.39 is 0 Å². The number of rotatable bonds is 6. The van der Waals surface area contributed by atoms with Gasteiger partial charge in [0, 0.05) is 25.1 Å². The monoisotopic (exact) mass is 409 g/mol. The zero-order valence-electron chi connectivity index (χ0n) is 16.9. The smallest absolute Gasteiger partial charge is 0.283 e. The molecule has 8 nitrogen and oxygen atoms in total. The topological polar surface area (TPSA) is 90.8 Å². The van der Waals surface area contributed by atoms with Crippen molar-refractivity contribution in [1.29, 1.82) is 0 Å².